The van der Waals surface area contributed by atoms with Crippen molar-refractivity contribution in [1.29, 1.82) is 0 Å². The molecule has 28 heavy (non-hydrogen) atoms. The number of imide groups is 1. The molecule has 1 saturated carbocycles. The van der Waals surface area contributed by atoms with Gasteiger partial charge in [0.25, 0.3) is 5.91 Å². The Morgan fingerprint density at radius 3 is 2.61 bits per heavy atom. The molecule has 2 fully saturated rings. The number of hydrogen-bond donors (Lipinski definition) is 1. The molecule has 0 bridgehead atoms. The Bertz CT molecular complexity index is 843. The maximum atomic E-state index is 12.8. The molecular formula is C20H27N3O5. The molecule has 1 saturated heterocycles. The van der Waals surface area contributed by atoms with Crippen molar-refractivity contribution in [1.82, 2.24) is 14.8 Å². The van der Waals surface area contributed by atoms with Crippen molar-refractivity contribution in [3.8, 4) is 0 Å². The molecule has 8 nitrogen and oxygen atoms in total. The van der Waals surface area contributed by atoms with E-state index in [2.05, 4.69) is 5.32 Å². The molecule has 2 aliphatic rings. The lowest BCUT2D eigenvalue weighted by Crippen LogP contribution is -2.54. The van der Waals surface area contributed by atoms with Crippen LogP contribution in [-0.4, -0.2) is 51.8 Å². The van der Waals surface area contributed by atoms with Gasteiger partial charge in [-0.25, -0.2) is 4.79 Å². The van der Waals surface area contributed by atoms with Crippen LogP contribution in [0.3, 0.4) is 0 Å². The summed E-state index contributed by atoms with van der Waals surface area (Å²) in [4.78, 5) is 50.6. The van der Waals surface area contributed by atoms with Gasteiger partial charge in [0.1, 0.15) is 12.1 Å². The molecule has 1 spiro atoms. The van der Waals surface area contributed by atoms with E-state index in [1.807, 2.05) is 32.4 Å². The minimum Gasteiger partial charge on any atom is -0.456 e. The van der Waals surface area contributed by atoms with Crippen molar-refractivity contribution in [2.24, 2.45) is 13.0 Å². The van der Waals surface area contributed by atoms with E-state index in [9.17, 15) is 19.2 Å². The maximum absolute atomic E-state index is 12.8. The molecule has 0 aromatic carbocycles. The van der Waals surface area contributed by atoms with Gasteiger partial charge in [-0.2, -0.15) is 0 Å². The molecule has 2 heterocycles. The van der Waals surface area contributed by atoms with E-state index >= 15 is 0 Å². The Morgan fingerprint density at radius 2 is 2.00 bits per heavy atom. The van der Waals surface area contributed by atoms with Crippen LogP contribution in [0.1, 0.15) is 54.4 Å². The Balaban J connectivity index is 1.60. The largest absolute Gasteiger partial charge is 0.456 e. The van der Waals surface area contributed by atoms with Crippen LogP contribution in [0.5, 0.6) is 0 Å². The molecule has 1 aliphatic carbocycles. The molecule has 0 unspecified atom stereocenters. The van der Waals surface area contributed by atoms with Crippen LogP contribution < -0.4 is 5.32 Å². The number of carbonyl (C=O) groups excluding carboxylic acids is 4. The van der Waals surface area contributed by atoms with Crippen LogP contribution in [0.15, 0.2) is 6.07 Å². The summed E-state index contributed by atoms with van der Waals surface area (Å²) >= 11 is 0. The highest BCUT2D eigenvalue weighted by Crippen LogP contribution is 2.38. The van der Waals surface area contributed by atoms with E-state index in [-0.39, 0.29) is 17.6 Å². The third-order valence-electron chi connectivity index (χ3n) is 6.23. The number of aryl methyl sites for hydroxylation is 1. The fourth-order valence-electron chi connectivity index (χ4n) is 4.18. The van der Waals surface area contributed by atoms with E-state index in [0.717, 1.165) is 35.6 Å². The zero-order chi connectivity index (χ0) is 20.6. The van der Waals surface area contributed by atoms with Crippen LogP contribution in [-0.2, 0) is 21.4 Å². The number of ketones is 1. The molecule has 0 radical (unpaired) electrons. The van der Waals surface area contributed by atoms with Gasteiger partial charge in [0, 0.05) is 24.0 Å². The van der Waals surface area contributed by atoms with Gasteiger partial charge in [-0.15, -0.1) is 0 Å². The smallest absolute Gasteiger partial charge is 0.326 e. The highest BCUT2D eigenvalue weighted by Gasteiger charge is 2.55. The number of amides is 3. The number of nitrogens with one attached hydrogen (secondary N) is 1. The second kappa shape index (κ2) is 7.41. The number of esters is 1. The SMILES string of the molecule is Cc1cc(C(=O)COC(=O)CN2C(=O)N[C@]3(CCCC[C@H]3C)C2=O)c(C)n1C. The minimum absolute atomic E-state index is 0.0181. The van der Waals surface area contributed by atoms with E-state index in [0.29, 0.717) is 12.0 Å². The molecule has 1 aromatic rings. The van der Waals surface area contributed by atoms with Crippen molar-refractivity contribution in [3.05, 3.63) is 23.0 Å². The normalized spacial score (nSPS) is 24.6. The number of aromatic nitrogens is 1. The van der Waals surface area contributed by atoms with Crippen molar-refractivity contribution in [3.63, 3.8) is 0 Å². The van der Waals surface area contributed by atoms with E-state index < -0.39 is 30.7 Å². The fraction of sp³-hybridized carbons (Fsp3) is 0.600. The molecule has 3 rings (SSSR count). The Kier molecular flexibility index (Phi) is 5.32. The van der Waals surface area contributed by atoms with Gasteiger partial charge >= 0.3 is 12.0 Å². The van der Waals surface area contributed by atoms with Crippen LogP contribution in [0, 0.1) is 19.8 Å². The van der Waals surface area contributed by atoms with Crippen molar-refractivity contribution in [2.45, 2.75) is 52.0 Å². The first-order chi connectivity index (χ1) is 13.2. The van der Waals surface area contributed by atoms with Crippen LogP contribution in [0.4, 0.5) is 4.79 Å². The number of rotatable bonds is 5. The average Bonchev–Trinajstić information content (AvgIpc) is 3.05. The van der Waals surface area contributed by atoms with Crippen molar-refractivity contribution >= 4 is 23.7 Å². The Hall–Kier alpha value is -2.64. The fourth-order valence-corrected chi connectivity index (χ4v) is 4.18. The van der Waals surface area contributed by atoms with Gasteiger partial charge in [0.2, 0.25) is 5.78 Å². The topological polar surface area (TPSA) is 97.7 Å². The van der Waals surface area contributed by atoms with Crippen molar-refractivity contribution < 1.29 is 23.9 Å². The predicted octanol–water partition coefficient (Wildman–Crippen LogP) is 1.87. The number of hydrogen-bond acceptors (Lipinski definition) is 5. The Morgan fingerprint density at radius 1 is 1.29 bits per heavy atom. The molecule has 8 heteroatoms. The molecule has 3 amide bonds. The standard InChI is InChI=1S/C20H27N3O5/c1-12-7-5-6-8-20(12)18(26)23(19(27)21-20)10-17(25)28-11-16(24)15-9-13(2)22(4)14(15)3/h9,12H,5-8,10-11H2,1-4H3,(H,21,27)/t12-,20+/m1/s1. The van der Waals surface area contributed by atoms with Gasteiger partial charge < -0.3 is 14.6 Å². The van der Waals surface area contributed by atoms with Gasteiger partial charge in [0.05, 0.1) is 0 Å². The third kappa shape index (κ3) is 3.31. The zero-order valence-corrected chi connectivity index (χ0v) is 16.8. The summed E-state index contributed by atoms with van der Waals surface area (Å²) in [5.74, 6) is -1.45. The molecule has 1 aromatic heterocycles. The maximum Gasteiger partial charge on any atom is 0.326 e. The molecule has 2 atom stereocenters. The summed E-state index contributed by atoms with van der Waals surface area (Å²) in [6.07, 6.45) is 3.32. The van der Waals surface area contributed by atoms with Crippen LogP contribution in [0.25, 0.3) is 0 Å². The van der Waals surface area contributed by atoms with Crippen LogP contribution >= 0.6 is 0 Å². The first kappa shape index (κ1) is 20.1. The van der Waals surface area contributed by atoms with Gasteiger partial charge in [-0.1, -0.05) is 19.8 Å². The van der Waals surface area contributed by atoms with Gasteiger partial charge in [0.15, 0.2) is 6.61 Å². The number of nitrogens with zero attached hydrogens (tertiary/aromatic N) is 2. The lowest BCUT2D eigenvalue weighted by atomic mass is 9.73. The first-order valence-corrected chi connectivity index (χ1v) is 9.63. The summed E-state index contributed by atoms with van der Waals surface area (Å²) in [7, 11) is 1.85. The third-order valence-corrected chi connectivity index (χ3v) is 6.23. The molecular weight excluding hydrogens is 362 g/mol. The van der Waals surface area contributed by atoms with E-state index in [1.54, 1.807) is 6.07 Å². The number of urea groups is 1. The summed E-state index contributed by atoms with van der Waals surface area (Å²) in [6, 6.07) is 1.17. The average molecular weight is 389 g/mol. The number of ether oxygens (including phenoxy) is 1. The molecule has 152 valence electrons. The van der Waals surface area contributed by atoms with E-state index in [4.69, 9.17) is 4.74 Å². The van der Waals surface area contributed by atoms with Gasteiger partial charge in [-0.05, 0) is 38.7 Å². The monoisotopic (exact) mass is 389 g/mol. The molecule has 1 N–H and O–H groups in total. The van der Waals surface area contributed by atoms with Crippen molar-refractivity contribution in [2.75, 3.05) is 13.2 Å². The Labute approximate surface area is 164 Å². The zero-order valence-electron chi connectivity index (χ0n) is 16.8. The highest BCUT2D eigenvalue weighted by atomic mass is 16.5. The quantitative estimate of drug-likeness (QED) is 0.471. The minimum atomic E-state index is -0.913. The lowest BCUT2D eigenvalue weighted by molar-refractivity contribution is -0.147. The second-order valence-electron chi connectivity index (χ2n) is 7.87. The summed E-state index contributed by atoms with van der Waals surface area (Å²) in [6.45, 7) is 4.74. The second-order valence-corrected chi connectivity index (χ2v) is 7.87. The summed E-state index contributed by atoms with van der Waals surface area (Å²) in [5.41, 5.74) is 1.31. The summed E-state index contributed by atoms with van der Waals surface area (Å²) in [5, 5.41) is 2.79. The van der Waals surface area contributed by atoms with E-state index in [1.165, 1.54) is 0 Å². The first-order valence-electron chi connectivity index (χ1n) is 9.63. The molecule has 1 aliphatic heterocycles. The highest BCUT2D eigenvalue weighted by molar-refractivity contribution is 6.09. The predicted molar refractivity (Wildman–Crippen MR) is 101 cm³/mol. The lowest BCUT2D eigenvalue weighted by Gasteiger charge is -2.36. The van der Waals surface area contributed by atoms with Crippen LogP contribution in [0.2, 0.25) is 0 Å². The number of Topliss-reactive ketones (excluding diaryl/α,β-unsaturated/α-hetero) is 1. The van der Waals surface area contributed by atoms with Gasteiger partial charge in [-0.3, -0.25) is 19.3 Å². The summed E-state index contributed by atoms with van der Waals surface area (Å²) < 4.78 is 6.93. The number of carbonyl (C=O) groups is 4.